The van der Waals surface area contributed by atoms with E-state index in [-0.39, 0.29) is 5.78 Å². The minimum absolute atomic E-state index is 0.258. The van der Waals surface area contributed by atoms with Crippen molar-refractivity contribution in [3.8, 4) is 0 Å². The lowest BCUT2D eigenvalue weighted by atomic mass is 9.87. The number of carbonyl (C=O) groups excluding carboxylic acids is 1. The van der Waals surface area contributed by atoms with Crippen LogP contribution in [0.4, 0.5) is 0 Å². The molecule has 0 saturated carbocycles. The number of benzene rings is 1. The van der Waals surface area contributed by atoms with Gasteiger partial charge in [0.15, 0.2) is 5.78 Å². The Morgan fingerprint density at radius 3 is 2.83 bits per heavy atom. The molecule has 0 aliphatic heterocycles. The summed E-state index contributed by atoms with van der Waals surface area (Å²) >= 11 is 0. The number of carbonyl (C=O) groups is 1. The Morgan fingerprint density at radius 2 is 2.08 bits per heavy atom. The summed E-state index contributed by atoms with van der Waals surface area (Å²) in [5.41, 5.74) is 3.91. The van der Waals surface area contributed by atoms with Gasteiger partial charge in [-0.05, 0) is 18.9 Å². The molecule has 2 heteroatoms. The molecule has 1 aliphatic rings. The standard InChI is InChI=1S/C10H9BO/c1-6-7-3-5-10(12)8(7)2-4-9(6)11/h2,4H,3,5H2,1H3. The van der Waals surface area contributed by atoms with E-state index in [1.165, 1.54) is 0 Å². The van der Waals surface area contributed by atoms with Gasteiger partial charge < -0.3 is 0 Å². The third-order valence-electron chi connectivity index (χ3n) is 2.54. The van der Waals surface area contributed by atoms with Crippen LogP contribution in [-0.2, 0) is 6.42 Å². The highest BCUT2D eigenvalue weighted by atomic mass is 16.1. The molecule has 0 amide bonds. The summed E-state index contributed by atoms with van der Waals surface area (Å²) in [5.74, 6) is 0.258. The molecule has 58 valence electrons. The van der Waals surface area contributed by atoms with Gasteiger partial charge in [-0.1, -0.05) is 23.2 Å². The first-order valence-electron chi connectivity index (χ1n) is 4.11. The number of fused-ring (bicyclic) bond motifs is 1. The van der Waals surface area contributed by atoms with E-state index >= 15 is 0 Å². The van der Waals surface area contributed by atoms with Gasteiger partial charge in [0.1, 0.15) is 7.85 Å². The van der Waals surface area contributed by atoms with Gasteiger partial charge in [0.05, 0.1) is 0 Å². The van der Waals surface area contributed by atoms with Gasteiger partial charge >= 0.3 is 0 Å². The van der Waals surface area contributed by atoms with Crippen molar-refractivity contribution in [3.05, 3.63) is 28.8 Å². The van der Waals surface area contributed by atoms with Crippen molar-refractivity contribution in [1.82, 2.24) is 0 Å². The molecule has 1 aromatic rings. The molecule has 0 spiro atoms. The van der Waals surface area contributed by atoms with Gasteiger partial charge in [-0.25, -0.2) is 0 Å². The van der Waals surface area contributed by atoms with Crippen molar-refractivity contribution < 1.29 is 4.79 Å². The van der Waals surface area contributed by atoms with Crippen molar-refractivity contribution >= 4 is 19.1 Å². The number of rotatable bonds is 0. The van der Waals surface area contributed by atoms with Gasteiger partial charge in [0.2, 0.25) is 0 Å². The number of hydrogen-bond donors (Lipinski definition) is 0. The molecule has 2 radical (unpaired) electrons. The van der Waals surface area contributed by atoms with Gasteiger partial charge in [0, 0.05) is 12.0 Å². The van der Waals surface area contributed by atoms with E-state index in [1.54, 1.807) is 0 Å². The highest BCUT2D eigenvalue weighted by Gasteiger charge is 2.20. The molecule has 12 heavy (non-hydrogen) atoms. The van der Waals surface area contributed by atoms with Crippen molar-refractivity contribution in [1.29, 1.82) is 0 Å². The van der Waals surface area contributed by atoms with Crippen LogP contribution in [-0.4, -0.2) is 13.6 Å². The monoisotopic (exact) mass is 156 g/mol. The smallest absolute Gasteiger partial charge is 0.163 e. The van der Waals surface area contributed by atoms with E-state index in [1.807, 2.05) is 19.1 Å². The molecule has 1 aliphatic carbocycles. The lowest BCUT2D eigenvalue weighted by molar-refractivity contribution is 0.0994. The summed E-state index contributed by atoms with van der Waals surface area (Å²) in [6.07, 6.45) is 1.52. The topological polar surface area (TPSA) is 17.1 Å². The summed E-state index contributed by atoms with van der Waals surface area (Å²) in [5, 5.41) is 0. The predicted octanol–water partition coefficient (Wildman–Crippen LogP) is 0.918. The molecular weight excluding hydrogens is 147 g/mol. The zero-order valence-electron chi connectivity index (χ0n) is 7.05. The Morgan fingerprint density at radius 1 is 1.33 bits per heavy atom. The Labute approximate surface area is 73.2 Å². The zero-order valence-corrected chi connectivity index (χ0v) is 7.05. The van der Waals surface area contributed by atoms with Crippen LogP contribution in [0.25, 0.3) is 0 Å². The van der Waals surface area contributed by atoms with Crippen molar-refractivity contribution in [2.75, 3.05) is 0 Å². The fourth-order valence-corrected chi connectivity index (χ4v) is 1.73. The van der Waals surface area contributed by atoms with Crippen LogP contribution in [0.2, 0.25) is 0 Å². The van der Waals surface area contributed by atoms with Crippen LogP contribution in [0.3, 0.4) is 0 Å². The van der Waals surface area contributed by atoms with Gasteiger partial charge in [-0.15, -0.1) is 0 Å². The normalized spacial score (nSPS) is 14.9. The third kappa shape index (κ3) is 0.910. The Bertz CT molecular complexity index is 355. The van der Waals surface area contributed by atoms with Crippen molar-refractivity contribution in [2.24, 2.45) is 0 Å². The number of Topliss-reactive ketones (excluding diaryl/α,β-unsaturated/α-hetero) is 1. The molecule has 0 fully saturated rings. The SMILES string of the molecule is [B]c1ccc2c(c1C)CCC2=O. The zero-order chi connectivity index (χ0) is 8.72. The van der Waals surface area contributed by atoms with Gasteiger partial charge in [-0.2, -0.15) is 0 Å². The molecular formula is C10H9BO. The fourth-order valence-electron chi connectivity index (χ4n) is 1.73. The molecule has 0 saturated heterocycles. The average Bonchev–Trinajstić information content (AvgIpc) is 2.41. The summed E-state index contributed by atoms with van der Waals surface area (Å²) in [7, 11) is 5.73. The molecule has 0 unspecified atom stereocenters. The minimum Gasteiger partial charge on any atom is -0.294 e. The van der Waals surface area contributed by atoms with Crippen LogP contribution in [0.15, 0.2) is 12.1 Å². The first kappa shape index (κ1) is 7.60. The van der Waals surface area contributed by atoms with E-state index in [0.717, 1.165) is 28.6 Å². The van der Waals surface area contributed by atoms with Crippen LogP contribution < -0.4 is 5.46 Å². The second kappa shape index (κ2) is 2.48. The predicted molar refractivity (Wildman–Crippen MR) is 49.2 cm³/mol. The van der Waals surface area contributed by atoms with Crippen LogP contribution in [0, 0.1) is 6.92 Å². The Hall–Kier alpha value is -1.05. The fraction of sp³-hybridized carbons (Fsp3) is 0.300. The lowest BCUT2D eigenvalue weighted by Crippen LogP contribution is -2.10. The van der Waals surface area contributed by atoms with E-state index < -0.39 is 0 Å². The largest absolute Gasteiger partial charge is 0.294 e. The van der Waals surface area contributed by atoms with Crippen LogP contribution >= 0.6 is 0 Å². The number of ketones is 1. The number of hydrogen-bond acceptors (Lipinski definition) is 1. The molecule has 1 aromatic carbocycles. The maximum atomic E-state index is 11.3. The second-order valence-corrected chi connectivity index (χ2v) is 3.23. The average molecular weight is 156 g/mol. The van der Waals surface area contributed by atoms with Crippen LogP contribution in [0.1, 0.15) is 27.9 Å². The Kier molecular flexibility index (Phi) is 1.57. The molecule has 0 N–H and O–H groups in total. The van der Waals surface area contributed by atoms with E-state index in [4.69, 9.17) is 7.85 Å². The summed E-state index contributed by atoms with van der Waals surface area (Å²) in [4.78, 5) is 11.3. The quantitative estimate of drug-likeness (QED) is 0.510. The van der Waals surface area contributed by atoms with Gasteiger partial charge in [0.25, 0.3) is 0 Å². The molecule has 0 bridgehead atoms. The van der Waals surface area contributed by atoms with E-state index in [2.05, 4.69) is 0 Å². The second-order valence-electron chi connectivity index (χ2n) is 3.23. The van der Waals surface area contributed by atoms with Crippen LogP contribution in [0.5, 0.6) is 0 Å². The highest BCUT2D eigenvalue weighted by Crippen LogP contribution is 2.23. The molecule has 0 heterocycles. The molecule has 2 rings (SSSR count). The van der Waals surface area contributed by atoms with E-state index in [9.17, 15) is 4.79 Å². The third-order valence-corrected chi connectivity index (χ3v) is 2.54. The summed E-state index contributed by atoms with van der Waals surface area (Å²) < 4.78 is 0. The van der Waals surface area contributed by atoms with Gasteiger partial charge in [-0.3, -0.25) is 4.79 Å². The maximum absolute atomic E-state index is 11.3. The summed E-state index contributed by atoms with van der Waals surface area (Å²) in [6, 6.07) is 3.66. The minimum atomic E-state index is 0.258. The molecule has 1 nitrogen and oxygen atoms in total. The molecule has 0 aromatic heterocycles. The first-order chi connectivity index (χ1) is 5.70. The van der Waals surface area contributed by atoms with Crippen molar-refractivity contribution in [2.45, 2.75) is 19.8 Å². The first-order valence-corrected chi connectivity index (χ1v) is 4.11. The Balaban J connectivity index is 2.68. The maximum Gasteiger partial charge on any atom is 0.163 e. The lowest BCUT2D eigenvalue weighted by Gasteiger charge is -2.05. The molecule has 0 atom stereocenters. The highest BCUT2D eigenvalue weighted by molar-refractivity contribution is 6.33. The summed E-state index contributed by atoms with van der Waals surface area (Å²) in [6.45, 7) is 1.98. The van der Waals surface area contributed by atoms with Crippen molar-refractivity contribution in [3.63, 3.8) is 0 Å². The van der Waals surface area contributed by atoms with E-state index in [0.29, 0.717) is 6.42 Å².